The quantitative estimate of drug-likeness (QED) is 0.317. The maximum Gasteiger partial charge on any atom is 0.245 e. The fourth-order valence-electron chi connectivity index (χ4n) is 3.55. The highest BCUT2D eigenvalue weighted by Gasteiger charge is 2.35. The van der Waals surface area contributed by atoms with Gasteiger partial charge in [-0.3, -0.25) is 19.7 Å². The molecule has 0 aliphatic carbocycles. The van der Waals surface area contributed by atoms with Crippen LogP contribution < -0.4 is 14.2 Å². The number of rotatable bonds is 10. The summed E-state index contributed by atoms with van der Waals surface area (Å²) in [5, 5.41) is 7.19. The summed E-state index contributed by atoms with van der Waals surface area (Å²) in [6.07, 6.45) is 4.93. The lowest BCUT2D eigenvalue weighted by molar-refractivity contribution is 0.0985. The number of sulfonamides is 1. The highest BCUT2D eigenvalue weighted by Crippen LogP contribution is 2.35. The molecule has 0 aliphatic heterocycles. The summed E-state index contributed by atoms with van der Waals surface area (Å²) in [5.41, 5.74) is 1.64. The normalized spacial score (nSPS) is 13.1. The number of hydrogen-bond donors (Lipinski definition) is 1. The molecule has 0 fully saturated rings. The third-order valence-electron chi connectivity index (χ3n) is 5.42. The van der Waals surface area contributed by atoms with E-state index in [9.17, 15) is 8.42 Å². The minimum atomic E-state index is -4.13. The number of pyridine rings is 1. The van der Waals surface area contributed by atoms with Crippen molar-refractivity contribution in [2.45, 2.75) is 25.2 Å². The Labute approximate surface area is 213 Å². The number of methoxy groups -OCH3 is 3. The second kappa shape index (κ2) is 10.8. The van der Waals surface area contributed by atoms with Gasteiger partial charge in [-0.1, -0.05) is 6.07 Å². The van der Waals surface area contributed by atoms with Crippen LogP contribution in [0, 0.1) is 6.92 Å². The van der Waals surface area contributed by atoms with Crippen molar-refractivity contribution in [3.8, 4) is 29.0 Å². The summed E-state index contributed by atoms with van der Waals surface area (Å²) >= 11 is 0. The summed E-state index contributed by atoms with van der Waals surface area (Å²) in [6, 6.07) is 5.19. The fraction of sp³-hybridized carbons (Fsp3) is 0.318. The van der Waals surface area contributed by atoms with Crippen molar-refractivity contribution < 1.29 is 22.6 Å². The van der Waals surface area contributed by atoms with Gasteiger partial charge in [0.1, 0.15) is 23.4 Å². The molecule has 4 aromatic rings. The van der Waals surface area contributed by atoms with Crippen molar-refractivity contribution in [2.75, 3.05) is 26.1 Å². The molecule has 194 valence electrons. The molecule has 15 heteroatoms. The lowest BCUT2D eigenvalue weighted by atomic mass is 10.2. The highest BCUT2D eigenvalue weighted by atomic mass is 32.2. The topological polar surface area (TPSA) is 169 Å². The van der Waals surface area contributed by atoms with Crippen LogP contribution in [-0.2, 0) is 14.8 Å². The van der Waals surface area contributed by atoms with Crippen molar-refractivity contribution in [2.24, 2.45) is 0 Å². The largest absolute Gasteiger partial charge is 0.479 e. The van der Waals surface area contributed by atoms with Gasteiger partial charge in [-0.05, 0) is 26.0 Å². The van der Waals surface area contributed by atoms with Crippen LogP contribution in [0.1, 0.15) is 24.4 Å². The molecule has 0 saturated heterocycles. The summed E-state index contributed by atoms with van der Waals surface area (Å²) in [4.78, 5) is 21.1. The molecular formula is C22H25N9O5S. The number of ether oxygens (including phenoxy) is 3. The van der Waals surface area contributed by atoms with Crippen LogP contribution in [0.3, 0.4) is 0 Å². The summed E-state index contributed by atoms with van der Waals surface area (Å²) < 4.78 is 47.3. The zero-order valence-corrected chi connectivity index (χ0v) is 21.5. The van der Waals surface area contributed by atoms with Gasteiger partial charge < -0.3 is 14.2 Å². The fourth-order valence-corrected chi connectivity index (χ4v) is 4.69. The van der Waals surface area contributed by atoms with Gasteiger partial charge in [0.2, 0.25) is 27.7 Å². The van der Waals surface area contributed by atoms with E-state index < -0.39 is 21.4 Å². The standard InChI is InChI=1S/C22H25N9O5S/c1-13-10-25-16(11-24-13)18(34-3)14(2)37(32,33)30-22-29-28-19(15-8-6-7-9-23-15)31(22)17-20(35-4)26-12-27-21(17)36-5/h6-12,14,18H,1-5H3,(H,29,30). The van der Waals surface area contributed by atoms with Crippen LogP contribution in [0.25, 0.3) is 17.2 Å². The molecule has 0 radical (unpaired) electrons. The number of hydrogen-bond acceptors (Lipinski definition) is 12. The van der Waals surface area contributed by atoms with Gasteiger partial charge in [0, 0.05) is 19.5 Å². The minimum absolute atomic E-state index is 0.0991. The van der Waals surface area contributed by atoms with Gasteiger partial charge in [0.25, 0.3) is 0 Å². The lowest BCUT2D eigenvalue weighted by Gasteiger charge is -2.23. The molecule has 1 N–H and O–H groups in total. The molecule has 4 heterocycles. The Balaban J connectivity index is 1.83. The van der Waals surface area contributed by atoms with Gasteiger partial charge in [-0.15, -0.1) is 10.2 Å². The molecule has 37 heavy (non-hydrogen) atoms. The van der Waals surface area contributed by atoms with E-state index in [0.717, 1.165) is 0 Å². The third-order valence-corrected chi connectivity index (χ3v) is 7.11. The first kappa shape index (κ1) is 25.8. The highest BCUT2D eigenvalue weighted by molar-refractivity contribution is 7.93. The van der Waals surface area contributed by atoms with E-state index in [0.29, 0.717) is 17.1 Å². The van der Waals surface area contributed by atoms with Crippen LogP contribution in [-0.4, -0.2) is 74.7 Å². The van der Waals surface area contributed by atoms with Gasteiger partial charge >= 0.3 is 0 Å². The van der Waals surface area contributed by atoms with Crippen molar-refractivity contribution in [1.29, 1.82) is 0 Å². The van der Waals surface area contributed by atoms with E-state index in [1.807, 2.05) is 0 Å². The van der Waals surface area contributed by atoms with E-state index >= 15 is 0 Å². The monoisotopic (exact) mass is 527 g/mol. The average molecular weight is 528 g/mol. The Morgan fingerprint density at radius 1 is 0.946 bits per heavy atom. The zero-order valence-electron chi connectivity index (χ0n) is 20.7. The molecule has 4 rings (SSSR count). The number of nitrogens with one attached hydrogen (secondary N) is 1. The molecule has 2 unspecified atom stereocenters. The SMILES string of the molecule is COc1ncnc(OC)c1-n1c(NS(=O)(=O)C(C)C(OC)c2cnc(C)cn2)nnc1-c1ccccn1. The minimum Gasteiger partial charge on any atom is -0.479 e. The molecule has 14 nitrogen and oxygen atoms in total. The maximum atomic E-state index is 13.5. The van der Waals surface area contributed by atoms with Crippen molar-refractivity contribution in [1.82, 2.24) is 39.7 Å². The Morgan fingerprint density at radius 2 is 1.68 bits per heavy atom. The number of aryl methyl sites for hydroxylation is 1. The van der Waals surface area contributed by atoms with Crippen LogP contribution in [0.4, 0.5) is 5.95 Å². The lowest BCUT2D eigenvalue weighted by Crippen LogP contribution is -2.33. The zero-order chi connectivity index (χ0) is 26.6. The molecule has 0 bridgehead atoms. The van der Waals surface area contributed by atoms with Gasteiger partial charge in [-0.25, -0.2) is 13.0 Å². The predicted octanol–water partition coefficient (Wildman–Crippen LogP) is 1.75. The molecule has 0 spiro atoms. The van der Waals surface area contributed by atoms with Crippen LogP contribution >= 0.6 is 0 Å². The van der Waals surface area contributed by atoms with Gasteiger partial charge in [0.05, 0.1) is 31.8 Å². The average Bonchev–Trinajstić information content (AvgIpc) is 3.32. The molecule has 4 aromatic heterocycles. The number of aromatic nitrogens is 8. The Kier molecular flexibility index (Phi) is 7.54. The Bertz CT molecular complexity index is 1440. The first-order chi connectivity index (χ1) is 17.8. The molecule has 0 aliphatic rings. The van der Waals surface area contributed by atoms with Crippen molar-refractivity contribution in [3.05, 3.63) is 54.5 Å². The second-order valence-corrected chi connectivity index (χ2v) is 9.77. The van der Waals surface area contributed by atoms with Crippen LogP contribution in [0.5, 0.6) is 11.8 Å². The molecule has 0 amide bonds. The smallest absolute Gasteiger partial charge is 0.245 e. The predicted molar refractivity (Wildman–Crippen MR) is 132 cm³/mol. The van der Waals surface area contributed by atoms with E-state index in [-0.39, 0.29) is 29.2 Å². The molecular weight excluding hydrogens is 502 g/mol. The molecule has 2 atom stereocenters. The number of nitrogens with zero attached hydrogens (tertiary/aromatic N) is 8. The summed E-state index contributed by atoms with van der Waals surface area (Å²) in [5.74, 6) is 0.234. The van der Waals surface area contributed by atoms with E-state index in [1.165, 1.54) is 51.5 Å². The summed E-state index contributed by atoms with van der Waals surface area (Å²) in [6.45, 7) is 3.27. The first-order valence-corrected chi connectivity index (χ1v) is 12.5. The van der Waals surface area contributed by atoms with E-state index in [2.05, 4.69) is 39.8 Å². The van der Waals surface area contributed by atoms with E-state index in [4.69, 9.17) is 14.2 Å². The van der Waals surface area contributed by atoms with Crippen LogP contribution in [0.15, 0.2) is 43.1 Å². The van der Waals surface area contributed by atoms with Gasteiger partial charge in [-0.2, -0.15) is 9.97 Å². The summed E-state index contributed by atoms with van der Waals surface area (Å²) in [7, 11) is 0.0903. The molecule has 0 saturated carbocycles. The maximum absolute atomic E-state index is 13.5. The Hall–Kier alpha value is -4.24. The third kappa shape index (κ3) is 5.17. The van der Waals surface area contributed by atoms with Crippen molar-refractivity contribution in [3.63, 3.8) is 0 Å². The van der Waals surface area contributed by atoms with E-state index in [1.54, 1.807) is 31.3 Å². The molecule has 0 aromatic carbocycles. The number of anilines is 1. The second-order valence-electron chi connectivity index (χ2n) is 7.73. The van der Waals surface area contributed by atoms with Crippen LogP contribution in [0.2, 0.25) is 0 Å². The first-order valence-electron chi connectivity index (χ1n) is 10.9. The Morgan fingerprint density at radius 3 is 2.24 bits per heavy atom. The van der Waals surface area contributed by atoms with Gasteiger partial charge in [0.15, 0.2) is 11.5 Å². The van der Waals surface area contributed by atoms with Crippen molar-refractivity contribution >= 4 is 16.0 Å².